The Balaban J connectivity index is 1.67. The fourth-order valence-electron chi connectivity index (χ4n) is 3.25. The number of nitrogens with one attached hydrogen (secondary N) is 1. The molecule has 11 heteroatoms. The van der Waals surface area contributed by atoms with Crippen LogP contribution in [0.3, 0.4) is 0 Å². The van der Waals surface area contributed by atoms with Crippen LogP contribution in [0.1, 0.15) is 25.7 Å². The summed E-state index contributed by atoms with van der Waals surface area (Å²) < 4.78 is 30.3. The minimum Gasteiger partial charge on any atom is -0.435 e. The molecule has 2 amide bonds. The van der Waals surface area contributed by atoms with Crippen LogP contribution in [0.25, 0.3) is 10.9 Å². The van der Waals surface area contributed by atoms with Crippen LogP contribution in [0.15, 0.2) is 58.5 Å². The maximum Gasteiger partial charge on any atom is 0.387 e. The van der Waals surface area contributed by atoms with Gasteiger partial charge in [-0.25, -0.2) is 4.98 Å². The van der Waals surface area contributed by atoms with Crippen LogP contribution in [0.4, 0.5) is 14.5 Å². The number of fused-ring (bicyclic) bond motifs is 1. The number of carbonyl (C=O) groups excluding carboxylic acids is 2. The molecule has 0 aliphatic carbocycles. The summed E-state index contributed by atoms with van der Waals surface area (Å²) in [7, 11) is 0. The summed E-state index contributed by atoms with van der Waals surface area (Å²) in [6.45, 7) is -2.53. The highest BCUT2D eigenvalue weighted by Gasteiger charge is 2.14. The van der Waals surface area contributed by atoms with E-state index >= 15 is 0 Å². The molecular formula is C23H24F2N4O4S. The number of anilines is 1. The minimum atomic E-state index is -2.92. The Kier molecular flexibility index (Phi) is 8.97. The lowest BCUT2D eigenvalue weighted by Crippen LogP contribution is -2.24. The maximum absolute atomic E-state index is 13.0. The number of benzene rings is 2. The first-order valence-electron chi connectivity index (χ1n) is 10.6. The molecule has 8 nitrogen and oxygen atoms in total. The molecule has 0 bridgehead atoms. The van der Waals surface area contributed by atoms with Crippen LogP contribution in [0.2, 0.25) is 0 Å². The number of nitrogens with zero attached hydrogens (tertiary/aromatic N) is 2. The number of thioether (sulfide) groups is 1. The van der Waals surface area contributed by atoms with Crippen LogP contribution in [0, 0.1) is 0 Å². The SMILES string of the molecule is NC(=O)CCCCCn1c(SCC(=O)Nc2ccc(OC(F)F)cc2)nc2ccccc2c1=O. The molecule has 34 heavy (non-hydrogen) atoms. The Bertz CT molecular complexity index is 1200. The van der Waals surface area contributed by atoms with Gasteiger partial charge in [-0.15, -0.1) is 0 Å². The van der Waals surface area contributed by atoms with E-state index in [2.05, 4.69) is 15.0 Å². The van der Waals surface area contributed by atoms with Crippen molar-refractivity contribution in [3.05, 3.63) is 58.9 Å². The topological polar surface area (TPSA) is 116 Å². The molecular weight excluding hydrogens is 466 g/mol. The molecule has 0 saturated carbocycles. The van der Waals surface area contributed by atoms with Gasteiger partial charge in [-0.3, -0.25) is 19.0 Å². The Hall–Kier alpha value is -3.47. The van der Waals surface area contributed by atoms with Crippen molar-refractivity contribution in [2.45, 2.75) is 44.0 Å². The van der Waals surface area contributed by atoms with Crippen molar-refractivity contribution in [1.82, 2.24) is 9.55 Å². The summed E-state index contributed by atoms with van der Waals surface area (Å²) in [4.78, 5) is 40.9. The summed E-state index contributed by atoms with van der Waals surface area (Å²) in [5.41, 5.74) is 5.93. The number of carbonyl (C=O) groups is 2. The molecule has 3 rings (SSSR count). The number of nitrogens with two attached hydrogens (primary N) is 1. The number of hydrogen-bond acceptors (Lipinski definition) is 6. The number of unbranched alkanes of at least 4 members (excludes halogenated alkanes) is 2. The number of ether oxygens (including phenoxy) is 1. The number of primary amides is 1. The van der Waals surface area contributed by atoms with Crippen LogP contribution in [0.5, 0.6) is 5.75 Å². The molecule has 3 aromatic rings. The summed E-state index contributed by atoms with van der Waals surface area (Å²) in [5, 5.41) is 3.57. The zero-order chi connectivity index (χ0) is 24.5. The maximum atomic E-state index is 13.0. The van der Waals surface area contributed by atoms with Crippen LogP contribution < -0.4 is 21.3 Å². The molecule has 0 atom stereocenters. The molecule has 1 aromatic heterocycles. The first-order valence-corrected chi connectivity index (χ1v) is 11.6. The van der Waals surface area contributed by atoms with Gasteiger partial charge in [-0.05, 0) is 49.2 Å². The van der Waals surface area contributed by atoms with Gasteiger partial charge in [0.2, 0.25) is 11.8 Å². The Morgan fingerprint density at radius 2 is 1.82 bits per heavy atom. The molecule has 0 radical (unpaired) electrons. The van der Waals surface area contributed by atoms with Gasteiger partial charge in [0.25, 0.3) is 5.56 Å². The Morgan fingerprint density at radius 1 is 1.09 bits per heavy atom. The lowest BCUT2D eigenvalue weighted by atomic mass is 10.2. The molecule has 0 spiro atoms. The van der Waals surface area contributed by atoms with E-state index in [1.54, 1.807) is 28.8 Å². The number of para-hydroxylation sites is 1. The van der Waals surface area contributed by atoms with Crippen LogP contribution in [-0.4, -0.2) is 33.7 Å². The highest BCUT2D eigenvalue weighted by atomic mass is 32.2. The van der Waals surface area contributed by atoms with Gasteiger partial charge in [-0.1, -0.05) is 30.3 Å². The molecule has 2 aromatic carbocycles. The number of amides is 2. The van der Waals surface area contributed by atoms with Crippen LogP contribution in [-0.2, 0) is 16.1 Å². The minimum absolute atomic E-state index is 0.0115. The lowest BCUT2D eigenvalue weighted by Gasteiger charge is -2.13. The normalized spacial score (nSPS) is 11.0. The van der Waals surface area contributed by atoms with Crippen LogP contribution >= 0.6 is 11.8 Å². The summed E-state index contributed by atoms with van der Waals surface area (Å²) in [5.74, 6) is -0.727. The largest absolute Gasteiger partial charge is 0.435 e. The number of halogens is 2. The van der Waals surface area contributed by atoms with Crippen molar-refractivity contribution in [1.29, 1.82) is 0 Å². The fraction of sp³-hybridized carbons (Fsp3) is 0.304. The second-order valence-electron chi connectivity index (χ2n) is 7.39. The van der Waals surface area contributed by atoms with E-state index in [1.807, 2.05) is 0 Å². The highest BCUT2D eigenvalue weighted by Crippen LogP contribution is 2.21. The van der Waals surface area contributed by atoms with E-state index in [9.17, 15) is 23.2 Å². The summed E-state index contributed by atoms with van der Waals surface area (Å²) in [6, 6.07) is 12.6. The summed E-state index contributed by atoms with van der Waals surface area (Å²) in [6.07, 6.45) is 2.30. The van der Waals surface area contributed by atoms with E-state index in [0.717, 1.165) is 18.2 Å². The van der Waals surface area contributed by atoms with Gasteiger partial charge in [0, 0.05) is 18.7 Å². The predicted molar refractivity (Wildman–Crippen MR) is 126 cm³/mol. The third-order valence-corrected chi connectivity index (χ3v) is 5.80. The monoisotopic (exact) mass is 490 g/mol. The molecule has 0 fully saturated rings. The van der Waals surface area contributed by atoms with Crippen molar-refractivity contribution in [3.63, 3.8) is 0 Å². The summed E-state index contributed by atoms with van der Waals surface area (Å²) >= 11 is 1.13. The average Bonchev–Trinajstić information content (AvgIpc) is 2.79. The van der Waals surface area contributed by atoms with Gasteiger partial charge < -0.3 is 15.8 Å². The van der Waals surface area contributed by atoms with E-state index in [4.69, 9.17) is 5.73 Å². The molecule has 180 valence electrons. The first kappa shape index (κ1) is 25.2. The molecule has 0 aliphatic heterocycles. The van der Waals surface area contributed by atoms with Crippen molar-refractivity contribution >= 4 is 40.2 Å². The van der Waals surface area contributed by atoms with Gasteiger partial charge in [0.1, 0.15) is 5.75 Å². The predicted octanol–water partition coefficient (Wildman–Crippen LogP) is 3.77. The quantitative estimate of drug-likeness (QED) is 0.227. The third kappa shape index (κ3) is 7.27. The first-order chi connectivity index (χ1) is 16.3. The second-order valence-corrected chi connectivity index (χ2v) is 8.33. The zero-order valence-electron chi connectivity index (χ0n) is 18.2. The fourth-order valence-corrected chi connectivity index (χ4v) is 4.07. The molecule has 0 aliphatic rings. The van der Waals surface area contributed by atoms with E-state index < -0.39 is 6.61 Å². The number of rotatable bonds is 12. The molecule has 3 N–H and O–H groups in total. The highest BCUT2D eigenvalue weighted by molar-refractivity contribution is 7.99. The van der Waals surface area contributed by atoms with Crippen molar-refractivity contribution < 1.29 is 23.1 Å². The van der Waals surface area contributed by atoms with Crippen molar-refractivity contribution in [2.75, 3.05) is 11.1 Å². The lowest BCUT2D eigenvalue weighted by molar-refractivity contribution is -0.118. The van der Waals surface area contributed by atoms with Gasteiger partial charge in [0.05, 0.1) is 16.7 Å². The molecule has 1 heterocycles. The average molecular weight is 491 g/mol. The van der Waals surface area contributed by atoms with Gasteiger partial charge >= 0.3 is 6.61 Å². The number of alkyl halides is 2. The molecule has 0 unspecified atom stereocenters. The smallest absolute Gasteiger partial charge is 0.387 e. The van der Waals surface area contributed by atoms with Gasteiger partial charge in [-0.2, -0.15) is 8.78 Å². The zero-order valence-corrected chi connectivity index (χ0v) is 19.0. The van der Waals surface area contributed by atoms with Crippen molar-refractivity contribution in [3.8, 4) is 5.75 Å². The Labute approximate surface area is 198 Å². The number of aromatic nitrogens is 2. The van der Waals surface area contributed by atoms with E-state index in [1.165, 1.54) is 24.3 Å². The van der Waals surface area contributed by atoms with E-state index in [-0.39, 0.29) is 28.9 Å². The van der Waals surface area contributed by atoms with Gasteiger partial charge in [0.15, 0.2) is 5.16 Å². The second kappa shape index (κ2) is 12.1. The number of hydrogen-bond donors (Lipinski definition) is 2. The van der Waals surface area contributed by atoms with Crippen molar-refractivity contribution in [2.24, 2.45) is 5.73 Å². The Morgan fingerprint density at radius 3 is 2.53 bits per heavy atom. The third-order valence-electron chi connectivity index (χ3n) is 4.83. The molecule has 0 saturated heterocycles. The van der Waals surface area contributed by atoms with E-state index in [0.29, 0.717) is 47.6 Å². The standard InChI is InChI=1S/C23H24F2N4O4S/c24-22(25)33-16-11-9-15(10-12-16)27-20(31)14-34-23-28-18-7-4-3-6-17(18)21(32)29(23)13-5-1-2-8-19(26)30/h3-4,6-7,9-12,22H,1-2,5,8,13-14H2,(H2,26,30)(H,27,31).